The Morgan fingerprint density at radius 3 is 2.89 bits per heavy atom. The second kappa shape index (κ2) is 6.43. The zero-order chi connectivity index (χ0) is 13.7. The fourth-order valence-electron chi connectivity index (χ4n) is 2.26. The number of hydrogen-bond donors (Lipinski definition) is 3. The summed E-state index contributed by atoms with van der Waals surface area (Å²) in [6.07, 6.45) is 4.56. The van der Waals surface area contributed by atoms with E-state index in [0.717, 1.165) is 25.9 Å². The van der Waals surface area contributed by atoms with Crippen LogP contribution in [0.15, 0.2) is 18.2 Å². The SMILES string of the molecule is Nc1ccc(C(=O)NCCC2CCCCO2)c(N)c1. The molecule has 1 heterocycles. The Balaban J connectivity index is 1.80. The van der Waals surface area contributed by atoms with E-state index < -0.39 is 0 Å². The second-order valence-corrected chi connectivity index (χ2v) is 4.88. The lowest BCUT2D eigenvalue weighted by atomic mass is 10.1. The molecule has 0 saturated carbocycles. The number of hydrogen-bond acceptors (Lipinski definition) is 4. The van der Waals surface area contributed by atoms with Crippen molar-refractivity contribution in [3.8, 4) is 0 Å². The van der Waals surface area contributed by atoms with Gasteiger partial charge in [0.25, 0.3) is 5.91 Å². The number of nitrogens with one attached hydrogen (secondary N) is 1. The molecule has 1 fully saturated rings. The summed E-state index contributed by atoms with van der Waals surface area (Å²) in [5.74, 6) is -0.159. The molecule has 1 saturated heterocycles. The van der Waals surface area contributed by atoms with Crippen molar-refractivity contribution in [2.24, 2.45) is 0 Å². The van der Waals surface area contributed by atoms with Crippen molar-refractivity contribution in [1.82, 2.24) is 5.32 Å². The third-order valence-corrected chi connectivity index (χ3v) is 3.35. The smallest absolute Gasteiger partial charge is 0.253 e. The van der Waals surface area contributed by atoms with Crippen LogP contribution in [0.3, 0.4) is 0 Å². The van der Waals surface area contributed by atoms with Gasteiger partial charge in [0.2, 0.25) is 0 Å². The van der Waals surface area contributed by atoms with Gasteiger partial charge < -0.3 is 21.5 Å². The van der Waals surface area contributed by atoms with E-state index in [1.807, 2.05) is 0 Å². The zero-order valence-electron chi connectivity index (χ0n) is 11.0. The Hall–Kier alpha value is -1.75. The van der Waals surface area contributed by atoms with Crippen molar-refractivity contribution in [3.05, 3.63) is 23.8 Å². The van der Waals surface area contributed by atoms with E-state index in [-0.39, 0.29) is 12.0 Å². The van der Waals surface area contributed by atoms with Gasteiger partial charge in [-0.2, -0.15) is 0 Å². The maximum absolute atomic E-state index is 11.9. The van der Waals surface area contributed by atoms with E-state index in [9.17, 15) is 4.79 Å². The highest BCUT2D eigenvalue weighted by atomic mass is 16.5. The Morgan fingerprint density at radius 1 is 1.37 bits per heavy atom. The quantitative estimate of drug-likeness (QED) is 0.719. The van der Waals surface area contributed by atoms with Gasteiger partial charge in [-0.1, -0.05) is 0 Å². The number of amides is 1. The van der Waals surface area contributed by atoms with E-state index >= 15 is 0 Å². The van der Waals surface area contributed by atoms with Crippen molar-refractivity contribution in [2.45, 2.75) is 31.8 Å². The first-order valence-corrected chi connectivity index (χ1v) is 6.71. The second-order valence-electron chi connectivity index (χ2n) is 4.88. The fraction of sp³-hybridized carbons (Fsp3) is 0.500. The van der Waals surface area contributed by atoms with E-state index in [1.54, 1.807) is 18.2 Å². The Bertz CT molecular complexity index is 442. The average molecular weight is 263 g/mol. The molecule has 5 nitrogen and oxygen atoms in total. The van der Waals surface area contributed by atoms with Crippen LogP contribution in [0.4, 0.5) is 11.4 Å². The molecule has 2 rings (SSSR count). The molecule has 1 amide bonds. The maximum Gasteiger partial charge on any atom is 0.253 e. The zero-order valence-corrected chi connectivity index (χ0v) is 11.0. The summed E-state index contributed by atoms with van der Waals surface area (Å²) >= 11 is 0. The molecule has 0 bridgehead atoms. The molecule has 0 spiro atoms. The first-order valence-electron chi connectivity index (χ1n) is 6.71. The predicted octanol–water partition coefficient (Wildman–Crippen LogP) is 1.54. The Labute approximate surface area is 113 Å². The van der Waals surface area contributed by atoms with Gasteiger partial charge in [0, 0.05) is 24.5 Å². The van der Waals surface area contributed by atoms with E-state index in [4.69, 9.17) is 16.2 Å². The van der Waals surface area contributed by atoms with Crippen molar-refractivity contribution >= 4 is 17.3 Å². The van der Waals surface area contributed by atoms with Crippen LogP contribution in [0, 0.1) is 0 Å². The van der Waals surface area contributed by atoms with Crippen LogP contribution >= 0.6 is 0 Å². The summed E-state index contributed by atoms with van der Waals surface area (Å²) in [6.45, 7) is 1.44. The Kier molecular flexibility index (Phi) is 4.63. The number of rotatable bonds is 4. The molecule has 0 aliphatic carbocycles. The molecule has 0 radical (unpaired) electrons. The molecule has 19 heavy (non-hydrogen) atoms. The highest BCUT2D eigenvalue weighted by molar-refractivity contribution is 5.99. The molecule has 1 aromatic carbocycles. The van der Waals surface area contributed by atoms with Crippen LogP contribution in [0.1, 0.15) is 36.0 Å². The normalized spacial score (nSPS) is 19.1. The number of carbonyl (C=O) groups excluding carboxylic acids is 1. The van der Waals surface area contributed by atoms with Gasteiger partial charge in [0.05, 0.1) is 11.7 Å². The average Bonchev–Trinajstić information content (AvgIpc) is 2.39. The van der Waals surface area contributed by atoms with Crippen LogP contribution in [-0.4, -0.2) is 25.2 Å². The van der Waals surface area contributed by atoms with Crippen molar-refractivity contribution in [3.63, 3.8) is 0 Å². The van der Waals surface area contributed by atoms with Crippen LogP contribution in [0.2, 0.25) is 0 Å². The van der Waals surface area contributed by atoms with Crippen molar-refractivity contribution < 1.29 is 9.53 Å². The molecule has 5 heteroatoms. The molecule has 5 N–H and O–H groups in total. The molecule has 1 atom stereocenters. The highest BCUT2D eigenvalue weighted by Crippen LogP contribution is 2.16. The van der Waals surface area contributed by atoms with Gasteiger partial charge in [-0.25, -0.2) is 0 Å². The molecule has 1 aliphatic heterocycles. The molecular formula is C14H21N3O2. The minimum absolute atomic E-state index is 0.159. The molecule has 1 aliphatic rings. The fourth-order valence-corrected chi connectivity index (χ4v) is 2.26. The van der Waals surface area contributed by atoms with Crippen LogP contribution in [0.25, 0.3) is 0 Å². The van der Waals surface area contributed by atoms with Crippen LogP contribution in [-0.2, 0) is 4.74 Å². The van der Waals surface area contributed by atoms with Gasteiger partial charge in [-0.15, -0.1) is 0 Å². The van der Waals surface area contributed by atoms with Crippen molar-refractivity contribution in [2.75, 3.05) is 24.6 Å². The number of nitrogen functional groups attached to an aromatic ring is 2. The highest BCUT2D eigenvalue weighted by Gasteiger charge is 2.14. The predicted molar refractivity (Wildman–Crippen MR) is 75.8 cm³/mol. The van der Waals surface area contributed by atoms with Gasteiger partial charge in [0.15, 0.2) is 0 Å². The number of benzene rings is 1. The maximum atomic E-state index is 11.9. The van der Waals surface area contributed by atoms with Gasteiger partial charge in [-0.3, -0.25) is 4.79 Å². The third-order valence-electron chi connectivity index (χ3n) is 3.35. The Morgan fingerprint density at radius 2 is 2.21 bits per heavy atom. The largest absolute Gasteiger partial charge is 0.399 e. The topological polar surface area (TPSA) is 90.4 Å². The number of carbonyl (C=O) groups is 1. The standard InChI is InChI=1S/C14H21N3O2/c15-10-4-5-12(13(16)9-10)14(18)17-7-6-11-3-1-2-8-19-11/h4-5,9,11H,1-3,6-8,15-16H2,(H,17,18). The number of anilines is 2. The van der Waals surface area contributed by atoms with Crippen LogP contribution in [0.5, 0.6) is 0 Å². The number of ether oxygens (including phenoxy) is 1. The summed E-state index contributed by atoms with van der Waals surface area (Å²) in [7, 11) is 0. The van der Waals surface area contributed by atoms with Gasteiger partial charge in [-0.05, 0) is 43.9 Å². The molecule has 1 aromatic rings. The summed E-state index contributed by atoms with van der Waals surface area (Å²) in [6, 6.07) is 4.92. The lowest BCUT2D eigenvalue weighted by Crippen LogP contribution is -2.29. The van der Waals surface area contributed by atoms with Crippen molar-refractivity contribution in [1.29, 1.82) is 0 Å². The van der Waals surface area contributed by atoms with Gasteiger partial charge in [0.1, 0.15) is 0 Å². The first kappa shape index (κ1) is 13.7. The third kappa shape index (κ3) is 3.86. The van der Waals surface area contributed by atoms with E-state index in [0.29, 0.717) is 23.5 Å². The molecular weight excluding hydrogens is 242 g/mol. The summed E-state index contributed by atoms with van der Waals surface area (Å²) in [4.78, 5) is 11.9. The lowest BCUT2D eigenvalue weighted by Gasteiger charge is -2.22. The first-order chi connectivity index (χ1) is 9.16. The summed E-state index contributed by atoms with van der Waals surface area (Å²) in [5, 5.41) is 2.87. The van der Waals surface area contributed by atoms with Gasteiger partial charge >= 0.3 is 0 Å². The summed E-state index contributed by atoms with van der Waals surface area (Å²) < 4.78 is 5.61. The lowest BCUT2D eigenvalue weighted by molar-refractivity contribution is 0.0117. The minimum atomic E-state index is -0.159. The molecule has 0 aromatic heterocycles. The van der Waals surface area contributed by atoms with Crippen LogP contribution < -0.4 is 16.8 Å². The monoisotopic (exact) mass is 263 g/mol. The molecule has 104 valence electrons. The van der Waals surface area contributed by atoms with E-state index in [2.05, 4.69) is 5.32 Å². The number of nitrogens with two attached hydrogens (primary N) is 2. The minimum Gasteiger partial charge on any atom is -0.399 e. The summed E-state index contributed by atoms with van der Waals surface area (Å²) in [5.41, 5.74) is 12.8. The molecule has 1 unspecified atom stereocenters. The van der Waals surface area contributed by atoms with E-state index in [1.165, 1.54) is 6.42 Å².